The van der Waals surface area contributed by atoms with Crippen LogP contribution < -0.4 is 4.74 Å². The predicted molar refractivity (Wildman–Crippen MR) is 76.8 cm³/mol. The number of nitrogens with zero attached hydrogens (tertiary/aromatic N) is 1. The molecule has 2 aromatic rings. The van der Waals surface area contributed by atoms with Crippen LogP contribution in [0.4, 0.5) is 13.2 Å². The molecule has 0 aliphatic carbocycles. The molecule has 22 heavy (non-hydrogen) atoms. The average molecular weight is 309 g/mol. The third-order valence-electron chi connectivity index (χ3n) is 2.89. The Balaban J connectivity index is 1.98. The molecule has 0 aromatic heterocycles. The number of halogens is 3. The van der Waals surface area contributed by atoms with Crippen molar-refractivity contribution in [2.24, 2.45) is 5.16 Å². The van der Waals surface area contributed by atoms with E-state index in [0.717, 1.165) is 12.1 Å². The van der Waals surface area contributed by atoms with Gasteiger partial charge in [0.2, 0.25) is 0 Å². The van der Waals surface area contributed by atoms with Crippen LogP contribution in [0.25, 0.3) is 0 Å². The van der Waals surface area contributed by atoms with E-state index in [4.69, 9.17) is 9.57 Å². The fourth-order valence-electron chi connectivity index (χ4n) is 1.82. The van der Waals surface area contributed by atoms with Crippen LogP contribution in [-0.4, -0.2) is 13.3 Å². The molecule has 0 radical (unpaired) electrons. The third-order valence-corrected chi connectivity index (χ3v) is 2.89. The van der Waals surface area contributed by atoms with Crippen LogP contribution in [0.5, 0.6) is 5.75 Å². The second-order valence-electron chi connectivity index (χ2n) is 4.45. The highest BCUT2D eigenvalue weighted by molar-refractivity contribution is 5.82. The molecule has 0 fully saturated rings. The Labute approximate surface area is 126 Å². The van der Waals surface area contributed by atoms with Gasteiger partial charge in [0.1, 0.15) is 12.4 Å². The van der Waals surface area contributed by atoms with E-state index in [-0.39, 0.29) is 6.61 Å². The topological polar surface area (TPSA) is 30.8 Å². The van der Waals surface area contributed by atoms with E-state index in [0.29, 0.717) is 16.9 Å². The van der Waals surface area contributed by atoms with Crippen molar-refractivity contribution in [1.82, 2.24) is 0 Å². The van der Waals surface area contributed by atoms with Crippen molar-refractivity contribution in [3.63, 3.8) is 0 Å². The maximum Gasteiger partial charge on any atom is 0.416 e. The Morgan fingerprint density at radius 2 is 1.86 bits per heavy atom. The van der Waals surface area contributed by atoms with Gasteiger partial charge in [-0.2, -0.15) is 13.2 Å². The summed E-state index contributed by atoms with van der Waals surface area (Å²) in [5.74, 6) is 0.633. The van der Waals surface area contributed by atoms with Crippen molar-refractivity contribution in [3.05, 3.63) is 65.2 Å². The molecule has 0 aliphatic rings. The van der Waals surface area contributed by atoms with E-state index < -0.39 is 11.7 Å². The minimum absolute atomic E-state index is 0.0461. The van der Waals surface area contributed by atoms with Crippen molar-refractivity contribution in [2.75, 3.05) is 7.11 Å². The van der Waals surface area contributed by atoms with Gasteiger partial charge in [0.05, 0.1) is 18.9 Å². The van der Waals surface area contributed by atoms with Gasteiger partial charge in [-0.05, 0) is 29.8 Å². The molecular weight excluding hydrogens is 295 g/mol. The van der Waals surface area contributed by atoms with Crippen LogP contribution in [0.3, 0.4) is 0 Å². The fraction of sp³-hybridized carbons (Fsp3) is 0.188. The number of hydrogen-bond donors (Lipinski definition) is 0. The summed E-state index contributed by atoms with van der Waals surface area (Å²) >= 11 is 0. The molecule has 0 saturated heterocycles. The first-order valence-electron chi connectivity index (χ1n) is 6.45. The van der Waals surface area contributed by atoms with E-state index in [2.05, 4.69) is 5.16 Å². The van der Waals surface area contributed by atoms with Crippen molar-refractivity contribution >= 4 is 6.21 Å². The van der Waals surface area contributed by atoms with E-state index in [1.807, 2.05) is 12.1 Å². The number of methoxy groups -OCH3 is 1. The molecule has 0 atom stereocenters. The van der Waals surface area contributed by atoms with Gasteiger partial charge in [-0.3, -0.25) is 0 Å². The molecule has 0 N–H and O–H groups in total. The largest absolute Gasteiger partial charge is 0.496 e. The maximum atomic E-state index is 12.6. The number of ether oxygens (including phenoxy) is 1. The molecule has 0 amide bonds. The van der Waals surface area contributed by atoms with Gasteiger partial charge < -0.3 is 9.57 Å². The molecule has 3 nitrogen and oxygen atoms in total. The van der Waals surface area contributed by atoms with Crippen LogP contribution in [0.15, 0.2) is 53.7 Å². The van der Waals surface area contributed by atoms with Crippen LogP contribution in [0.2, 0.25) is 0 Å². The Morgan fingerprint density at radius 1 is 1.09 bits per heavy atom. The summed E-state index contributed by atoms with van der Waals surface area (Å²) in [7, 11) is 1.54. The molecule has 0 aliphatic heterocycles. The van der Waals surface area contributed by atoms with Crippen molar-refractivity contribution in [1.29, 1.82) is 0 Å². The van der Waals surface area contributed by atoms with Crippen molar-refractivity contribution in [3.8, 4) is 5.75 Å². The quantitative estimate of drug-likeness (QED) is 0.610. The summed E-state index contributed by atoms with van der Waals surface area (Å²) in [4.78, 5) is 5.04. The Morgan fingerprint density at radius 3 is 2.59 bits per heavy atom. The van der Waals surface area contributed by atoms with E-state index in [1.54, 1.807) is 18.2 Å². The van der Waals surface area contributed by atoms with Crippen LogP contribution in [0, 0.1) is 0 Å². The average Bonchev–Trinajstić information content (AvgIpc) is 2.51. The first-order valence-corrected chi connectivity index (χ1v) is 6.45. The molecule has 0 unspecified atom stereocenters. The third kappa shape index (κ3) is 4.25. The number of rotatable bonds is 5. The number of oxime groups is 1. The smallest absolute Gasteiger partial charge is 0.416 e. The molecule has 0 spiro atoms. The van der Waals surface area contributed by atoms with E-state index >= 15 is 0 Å². The summed E-state index contributed by atoms with van der Waals surface area (Å²) in [6.07, 6.45) is -2.91. The Hall–Kier alpha value is -2.50. The lowest BCUT2D eigenvalue weighted by atomic mass is 10.1. The summed E-state index contributed by atoms with van der Waals surface area (Å²) in [6.45, 7) is -0.0461. The second-order valence-corrected chi connectivity index (χ2v) is 4.45. The minimum atomic E-state index is -4.36. The zero-order valence-corrected chi connectivity index (χ0v) is 11.8. The van der Waals surface area contributed by atoms with Gasteiger partial charge in [-0.25, -0.2) is 0 Å². The molecule has 2 aromatic carbocycles. The molecule has 116 valence electrons. The summed E-state index contributed by atoms with van der Waals surface area (Å²) < 4.78 is 42.9. The normalized spacial score (nSPS) is 11.6. The number of alkyl halides is 3. The summed E-state index contributed by atoms with van der Waals surface area (Å²) in [6, 6.07) is 12.1. The van der Waals surface area contributed by atoms with Crippen LogP contribution >= 0.6 is 0 Å². The molecule has 6 heteroatoms. The number of hydrogen-bond acceptors (Lipinski definition) is 3. The van der Waals surface area contributed by atoms with Gasteiger partial charge in [0.15, 0.2) is 0 Å². The summed E-state index contributed by atoms with van der Waals surface area (Å²) in [5, 5.41) is 3.75. The van der Waals surface area contributed by atoms with Gasteiger partial charge in [-0.15, -0.1) is 0 Å². The SMILES string of the molecule is COc1ccccc1C=NOCc1cccc(C(F)(F)F)c1. The Kier molecular flexibility index (Phi) is 5.04. The van der Waals surface area contributed by atoms with Crippen molar-refractivity contribution in [2.45, 2.75) is 12.8 Å². The molecule has 2 rings (SSSR count). The van der Waals surface area contributed by atoms with Gasteiger partial charge >= 0.3 is 6.18 Å². The highest BCUT2D eigenvalue weighted by Crippen LogP contribution is 2.29. The number of benzene rings is 2. The second kappa shape index (κ2) is 6.98. The van der Waals surface area contributed by atoms with Crippen molar-refractivity contribution < 1.29 is 22.7 Å². The maximum absolute atomic E-state index is 12.6. The molecule has 0 saturated carbocycles. The lowest BCUT2D eigenvalue weighted by Gasteiger charge is -2.08. The lowest BCUT2D eigenvalue weighted by molar-refractivity contribution is -0.137. The zero-order chi connectivity index (χ0) is 16.0. The first-order chi connectivity index (χ1) is 10.5. The van der Waals surface area contributed by atoms with Gasteiger partial charge in [0, 0.05) is 5.56 Å². The Bertz CT molecular complexity index is 654. The fourth-order valence-corrected chi connectivity index (χ4v) is 1.82. The van der Waals surface area contributed by atoms with Gasteiger partial charge in [0.25, 0.3) is 0 Å². The van der Waals surface area contributed by atoms with E-state index in [1.165, 1.54) is 19.4 Å². The zero-order valence-electron chi connectivity index (χ0n) is 11.8. The van der Waals surface area contributed by atoms with E-state index in [9.17, 15) is 13.2 Å². The minimum Gasteiger partial charge on any atom is -0.496 e. The molecule has 0 heterocycles. The van der Waals surface area contributed by atoms with Crippen LogP contribution in [0.1, 0.15) is 16.7 Å². The molecular formula is C16H14F3NO2. The van der Waals surface area contributed by atoms with Crippen LogP contribution in [-0.2, 0) is 17.6 Å². The standard InChI is InChI=1S/C16H14F3NO2/c1-21-15-8-3-2-6-13(15)10-20-22-11-12-5-4-7-14(9-12)16(17,18)19/h2-10H,11H2,1H3. The predicted octanol–water partition coefficient (Wildman–Crippen LogP) is 4.26. The lowest BCUT2D eigenvalue weighted by Crippen LogP contribution is -2.05. The highest BCUT2D eigenvalue weighted by Gasteiger charge is 2.30. The monoisotopic (exact) mass is 309 g/mol. The number of para-hydroxylation sites is 1. The highest BCUT2D eigenvalue weighted by atomic mass is 19.4. The van der Waals surface area contributed by atoms with Gasteiger partial charge in [-0.1, -0.05) is 29.4 Å². The summed E-state index contributed by atoms with van der Waals surface area (Å²) in [5.41, 5.74) is 0.406. The molecule has 0 bridgehead atoms. The first kappa shape index (κ1) is 15.9.